The van der Waals surface area contributed by atoms with Crippen molar-refractivity contribution in [3.8, 4) is 5.75 Å². The maximum atomic E-state index is 13.1. The monoisotopic (exact) mass is 408 g/mol. The number of esters is 1. The number of halogens is 2. The third-order valence-corrected chi connectivity index (χ3v) is 5.30. The molecule has 1 heterocycles. The van der Waals surface area contributed by atoms with Gasteiger partial charge in [-0.05, 0) is 36.4 Å². The molecule has 27 heavy (non-hydrogen) atoms. The maximum Gasteiger partial charge on any atom is 0.325 e. The van der Waals surface area contributed by atoms with Crippen molar-refractivity contribution in [3.63, 3.8) is 0 Å². The van der Waals surface area contributed by atoms with Crippen molar-refractivity contribution >= 4 is 45.0 Å². The number of nitrogens with zero attached hydrogens (tertiary/aromatic N) is 2. The molecule has 0 unspecified atom stereocenters. The number of thiazole rings is 1. The molecule has 2 aromatic carbocycles. The van der Waals surface area contributed by atoms with E-state index in [1.54, 1.807) is 12.1 Å². The van der Waals surface area contributed by atoms with Gasteiger partial charge in [0.2, 0.25) is 0 Å². The highest BCUT2D eigenvalue weighted by molar-refractivity contribution is 7.17. The molecule has 0 saturated carbocycles. The minimum atomic E-state index is -0.574. The van der Waals surface area contributed by atoms with Gasteiger partial charge in [0.25, 0.3) is 5.91 Å². The van der Waals surface area contributed by atoms with Gasteiger partial charge in [0.05, 0.1) is 23.9 Å². The standard InChI is InChI=1S/C18H14ClFN2O4S/c1-25-13-8-7-12(19)16-15(13)22(9-14(23)26-2)18(27-16)21-17(24)10-3-5-11(20)6-4-10/h3-8H,9H2,1-2H3. The Morgan fingerprint density at radius 2 is 1.89 bits per heavy atom. The molecule has 0 spiro atoms. The van der Waals surface area contributed by atoms with Crippen LogP contribution < -0.4 is 9.54 Å². The summed E-state index contributed by atoms with van der Waals surface area (Å²) < 4.78 is 25.3. The van der Waals surface area contributed by atoms with Crippen LogP contribution in [0.4, 0.5) is 4.39 Å². The smallest absolute Gasteiger partial charge is 0.325 e. The molecule has 1 aromatic heterocycles. The van der Waals surface area contributed by atoms with Gasteiger partial charge >= 0.3 is 5.97 Å². The quantitative estimate of drug-likeness (QED) is 0.620. The van der Waals surface area contributed by atoms with Crippen LogP contribution in [0.5, 0.6) is 5.75 Å². The molecule has 0 fully saturated rings. The number of benzene rings is 2. The highest BCUT2D eigenvalue weighted by Gasteiger charge is 2.18. The first-order valence-electron chi connectivity index (χ1n) is 7.72. The summed E-state index contributed by atoms with van der Waals surface area (Å²) in [6, 6.07) is 8.36. The Labute approximate surface area is 162 Å². The molecule has 0 saturated heterocycles. The van der Waals surface area contributed by atoms with E-state index in [0.717, 1.165) is 11.3 Å². The zero-order valence-corrected chi connectivity index (χ0v) is 15.9. The van der Waals surface area contributed by atoms with Crippen molar-refractivity contribution in [2.75, 3.05) is 14.2 Å². The van der Waals surface area contributed by atoms with Crippen LogP contribution in [0.1, 0.15) is 10.4 Å². The third kappa shape index (κ3) is 3.86. The molecule has 0 atom stereocenters. The number of methoxy groups -OCH3 is 2. The lowest BCUT2D eigenvalue weighted by molar-refractivity contribution is -0.141. The minimum absolute atomic E-state index is 0.178. The van der Waals surface area contributed by atoms with Crippen LogP contribution in [0.15, 0.2) is 41.4 Å². The number of amides is 1. The lowest BCUT2D eigenvalue weighted by Crippen LogP contribution is -2.22. The second-order valence-corrected chi connectivity index (χ2v) is 6.78. The van der Waals surface area contributed by atoms with Crippen LogP contribution in [0, 0.1) is 5.82 Å². The molecule has 1 amide bonds. The fourth-order valence-electron chi connectivity index (χ4n) is 2.46. The average molecular weight is 409 g/mol. The number of ether oxygens (including phenoxy) is 2. The van der Waals surface area contributed by atoms with Crippen molar-refractivity contribution in [1.29, 1.82) is 0 Å². The predicted octanol–water partition coefficient (Wildman–Crippen LogP) is 3.42. The van der Waals surface area contributed by atoms with Crippen LogP contribution in [0.3, 0.4) is 0 Å². The number of hydrogen-bond donors (Lipinski definition) is 0. The summed E-state index contributed by atoms with van der Waals surface area (Å²) in [6.45, 7) is -0.178. The molecule has 0 aliphatic heterocycles. The first kappa shape index (κ1) is 19.1. The number of carbonyl (C=O) groups is 2. The van der Waals surface area contributed by atoms with Crippen molar-refractivity contribution in [1.82, 2.24) is 4.57 Å². The summed E-state index contributed by atoms with van der Waals surface area (Å²) in [5, 5.41) is 0.435. The number of aromatic nitrogens is 1. The van der Waals surface area contributed by atoms with Gasteiger partial charge in [0.1, 0.15) is 23.6 Å². The van der Waals surface area contributed by atoms with Crippen LogP contribution in [0.2, 0.25) is 5.02 Å². The molecule has 6 nitrogen and oxygen atoms in total. The number of rotatable bonds is 4. The van der Waals surface area contributed by atoms with Gasteiger partial charge in [-0.1, -0.05) is 22.9 Å². The Kier molecular flexibility index (Phi) is 5.57. The highest BCUT2D eigenvalue weighted by atomic mass is 35.5. The van der Waals surface area contributed by atoms with Gasteiger partial charge in [-0.15, -0.1) is 0 Å². The first-order valence-corrected chi connectivity index (χ1v) is 8.91. The lowest BCUT2D eigenvalue weighted by atomic mass is 10.2. The fourth-order valence-corrected chi connectivity index (χ4v) is 3.77. The molecule has 0 bridgehead atoms. The largest absolute Gasteiger partial charge is 0.495 e. The fraction of sp³-hybridized carbons (Fsp3) is 0.167. The summed E-state index contributed by atoms with van der Waals surface area (Å²) in [5.41, 5.74) is 0.752. The van der Waals surface area contributed by atoms with Gasteiger partial charge in [0, 0.05) is 5.56 Å². The summed E-state index contributed by atoms with van der Waals surface area (Å²) in [5.74, 6) is -1.07. The molecular formula is C18H14ClFN2O4S. The predicted molar refractivity (Wildman–Crippen MR) is 99.7 cm³/mol. The second kappa shape index (κ2) is 7.89. The minimum Gasteiger partial charge on any atom is -0.495 e. The SMILES string of the molecule is COC(=O)Cn1c(=NC(=O)c2ccc(F)cc2)sc2c(Cl)ccc(OC)c21. The van der Waals surface area contributed by atoms with Gasteiger partial charge in [0.15, 0.2) is 4.80 Å². The maximum absolute atomic E-state index is 13.1. The zero-order chi connectivity index (χ0) is 19.6. The molecule has 0 radical (unpaired) electrons. The van der Waals surface area contributed by atoms with Gasteiger partial charge in [-0.3, -0.25) is 9.59 Å². The van der Waals surface area contributed by atoms with E-state index in [0.29, 0.717) is 21.0 Å². The number of carbonyl (C=O) groups excluding carboxylic acids is 2. The van der Waals surface area contributed by atoms with Crippen LogP contribution in [0.25, 0.3) is 10.2 Å². The van der Waals surface area contributed by atoms with E-state index in [9.17, 15) is 14.0 Å². The lowest BCUT2D eigenvalue weighted by Gasteiger charge is -2.08. The number of fused-ring (bicyclic) bond motifs is 1. The first-order chi connectivity index (χ1) is 12.9. The highest BCUT2D eigenvalue weighted by Crippen LogP contribution is 2.33. The second-order valence-electron chi connectivity index (χ2n) is 5.40. The molecule has 3 rings (SSSR count). The van der Waals surface area contributed by atoms with Gasteiger partial charge in [-0.25, -0.2) is 4.39 Å². The Morgan fingerprint density at radius 1 is 1.19 bits per heavy atom. The summed E-state index contributed by atoms with van der Waals surface area (Å²) >= 11 is 7.41. The topological polar surface area (TPSA) is 69.9 Å². The van der Waals surface area contributed by atoms with Crippen molar-refractivity contribution in [2.24, 2.45) is 4.99 Å². The number of hydrogen-bond acceptors (Lipinski definition) is 5. The van der Waals surface area contributed by atoms with E-state index < -0.39 is 17.7 Å². The molecule has 0 aliphatic rings. The van der Waals surface area contributed by atoms with Crippen LogP contribution >= 0.6 is 22.9 Å². The Morgan fingerprint density at radius 3 is 2.52 bits per heavy atom. The Hall–Kier alpha value is -2.71. The third-order valence-electron chi connectivity index (χ3n) is 3.76. The molecule has 3 aromatic rings. The van der Waals surface area contributed by atoms with E-state index in [4.69, 9.17) is 21.1 Å². The van der Waals surface area contributed by atoms with E-state index in [-0.39, 0.29) is 16.9 Å². The van der Waals surface area contributed by atoms with Crippen molar-refractivity contribution in [2.45, 2.75) is 6.54 Å². The van der Waals surface area contributed by atoms with E-state index in [1.165, 1.54) is 43.1 Å². The Balaban J connectivity index is 2.23. The van der Waals surface area contributed by atoms with Crippen LogP contribution in [-0.2, 0) is 16.1 Å². The zero-order valence-electron chi connectivity index (χ0n) is 14.4. The molecule has 140 valence electrons. The Bertz CT molecular complexity index is 1090. The van der Waals surface area contributed by atoms with Crippen molar-refractivity contribution in [3.05, 3.63) is 57.6 Å². The van der Waals surface area contributed by atoms with Gasteiger partial charge in [-0.2, -0.15) is 4.99 Å². The average Bonchev–Trinajstić information content (AvgIpc) is 3.01. The summed E-state index contributed by atoms with van der Waals surface area (Å²) in [6.07, 6.45) is 0. The molecule has 0 N–H and O–H groups in total. The van der Waals surface area contributed by atoms with Gasteiger partial charge < -0.3 is 14.0 Å². The molecular weight excluding hydrogens is 395 g/mol. The van der Waals surface area contributed by atoms with Crippen molar-refractivity contribution < 1.29 is 23.5 Å². The molecule has 0 aliphatic carbocycles. The summed E-state index contributed by atoms with van der Waals surface area (Å²) in [7, 11) is 2.76. The van der Waals surface area contributed by atoms with E-state index >= 15 is 0 Å². The van der Waals surface area contributed by atoms with E-state index in [2.05, 4.69) is 4.99 Å². The van der Waals surface area contributed by atoms with E-state index in [1.807, 2.05) is 0 Å². The summed E-state index contributed by atoms with van der Waals surface area (Å²) in [4.78, 5) is 28.7. The van der Waals surface area contributed by atoms with Crippen LogP contribution in [-0.4, -0.2) is 30.7 Å². The normalized spacial score (nSPS) is 11.6. The molecule has 9 heteroatoms.